The molecule has 0 aliphatic rings. The molecule has 0 fully saturated rings. The molecule has 0 aliphatic heterocycles. The van der Waals surface area contributed by atoms with Crippen LogP contribution in [0.5, 0.6) is 0 Å². The van der Waals surface area contributed by atoms with Crippen LogP contribution in [0.3, 0.4) is 0 Å². The van der Waals surface area contributed by atoms with Crippen molar-refractivity contribution in [3.8, 4) is 0 Å². The molecule has 0 aliphatic carbocycles. The maximum Gasteiger partial charge on any atom is 0.319 e. The summed E-state index contributed by atoms with van der Waals surface area (Å²) in [6, 6.07) is 7.49. The summed E-state index contributed by atoms with van der Waals surface area (Å²) in [6.07, 6.45) is 1.00. The first-order valence-electron chi connectivity index (χ1n) is 7.26. The quantitative estimate of drug-likeness (QED) is 0.566. The van der Waals surface area contributed by atoms with E-state index in [-0.39, 0.29) is 16.9 Å². The minimum absolute atomic E-state index is 0.215. The average molecular weight is 328 g/mol. The molecule has 3 rings (SSSR count). The zero-order valence-electron chi connectivity index (χ0n) is 13.4. The summed E-state index contributed by atoms with van der Waals surface area (Å²) in [4.78, 5) is 27.1. The van der Waals surface area contributed by atoms with Crippen LogP contribution in [0.4, 0.5) is 11.6 Å². The summed E-state index contributed by atoms with van der Waals surface area (Å²) >= 11 is 0. The minimum atomic E-state index is -0.667. The third-order valence-electron chi connectivity index (χ3n) is 3.50. The third-order valence-corrected chi connectivity index (χ3v) is 3.50. The maximum absolute atomic E-state index is 12.4. The topological polar surface area (TPSA) is 119 Å². The Bertz CT molecular complexity index is 934. The van der Waals surface area contributed by atoms with E-state index in [4.69, 9.17) is 0 Å². The fourth-order valence-corrected chi connectivity index (χ4v) is 2.54. The number of anilines is 1. The molecule has 9 nitrogen and oxygen atoms in total. The number of rotatable bonds is 3. The summed E-state index contributed by atoms with van der Waals surface area (Å²) in [7, 11) is 0. The molecule has 0 saturated carbocycles. The number of H-pyrrole nitrogens is 1. The van der Waals surface area contributed by atoms with E-state index in [0.29, 0.717) is 5.95 Å². The van der Waals surface area contributed by atoms with Gasteiger partial charge in [-0.15, -0.1) is 0 Å². The minimum Gasteiger partial charge on any atom is -0.305 e. The Morgan fingerprint density at radius 1 is 1.33 bits per heavy atom. The highest BCUT2D eigenvalue weighted by molar-refractivity contribution is 6.05. The molecule has 2 heterocycles. The van der Waals surface area contributed by atoms with Crippen molar-refractivity contribution in [1.29, 1.82) is 0 Å². The Kier molecular flexibility index (Phi) is 3.55. The Balaban J connectivity index is 2.05. The molecule has 1 amide bonds. The molecular formula is C15H16N6O3. The van der Waals surface area contributed by atoms with E-state index in [9.17, 15) is 14.9 Å². The number of amides is 1. The van der Waals surface area contributed by atoms with Crippen molar-refractivity contribution in [3.05, 3.63) is 46.3 Å². The standard InChI is InChI=1S/C15H16N6O3/c1-15(2,3)20-10-7-5-4-6-9(10)17-14(20)18-13(22)12-11(21(23)24)8-16-19-12/h4-8H,1-3H3,(H,16,19)(H,17,18,22). The normalized spacial score (nSPS) is 11.6. The Hall–Kier alpha value is -3.23. The fraction of sp³-hybridized carbons (Fsp3) is 0.267. The van der Waals surface area contributed by atoms with Crippen molar-refractivity contribution in [3.63, 3.8) is 0 Å². The molecule has 124 valence electrons. The van der Waals surface area contributed by atoms with Crippen LogP contribution in [-0.2, 0) is 5.54 Å². The molecule has 0 unspecified atom stereocenters. The van der Waals surface area contributed by atoms with Crippen molar-refractivity contribution >= 4 is 28.6 Å². The Morgan fingerprint density at radius 3 is 2.71 bits per heavy atom. The summed E-state index contributed by atoms with van der Waals surface area (Å²) in [5.41, 5.74) is 0.637. The molecule has 2 N–H and O–H groups in total. The van der Waals surface area contributed by atoms with Crippen molar-refractivity contribution in [2.24, 2.45) is 0 Å². The van der Waals surface area contributed by atoms with E-state index in [1.165, 1.54) is 0 Å². The van der Waals surface area contributed by atoms with Gasteiger partial charge < -0.3 is 4.57 Å². The van der Waals surface area contributed by atoms with Gasteiger partial charge in [0.15, 0.2) is 0 Å². The highest BCUT2D eigenvalue weighted by Gasteiger charge is 2.27. The molecule has 0 radical (unpaired) electrons. The van der Waals surface area contributed by atoms with Gasteiger partial charge in [0.05, 0.1) is 16.0 Å². The number of hydrogen-bond donors (Lipinski definition) is 2. The lowest BCUT2D eigenvalue weighted by atomic mass is 10.1. The van der Waals surface area contributed by atoms with Crippen LogP contribution in [0.25, 0.3) is 11.0 Å². The first-order chi connectivity index (χ1) is 11.3. The Labute approximate surface area is 136 Å². The number of benzene rings is 1. The van der Waals surface area contributed by atoms with E-state index in [2.05, 4.69) is 20.5 Å². The van der Waals surface area contributed by atoms with Crippen LogP contribution < -0.4 is 5.32 Å². The van der Waals surface area contributed by atoms with E-state index in [1.807, 2.05) is 49.6 Å². The van der Waals surface area contributed by atoms with Gasteiger partial charge in [-0.1, -0.05) is 12.1 Å². The second kappa shape index (κ2) is 5.44. The fourth-order valence-electron chi connectivity index (χ4n) is 2.54. The number of nitro groups is 1. The van der Waals surface area contributed by atoms with Crippen LogP contribution in [0.15, 0.2) is 30.5 Å². The van der Waals surface area contributed by atoms with Crippen LogP contribution in [-0.4, -0.2) is 30.6 Å². The van der Waals surface area contributed by atoms with E-state index >= 15 is 0 Å². The van der Waals surface area contributed by atoms with Gasteiger partial charge in [-0.25, -0.2) is 4.98 Å². The number of fused-ring (bicyclic) bond motifs is 1. The predicted octanol–water partition coefficient (Wildman–Crippen LogP) is 2.67. The molecule has 9 heteroatoms. The number of carbonyl (C=O) groups is 1. The number of carbonyl (C=O) groups excluding carboxylic acids is 1. The summed E-state index contributed by atoms with van der Waals surface area (Å²) in [6.45, 7) is 5.94. The number of para-hydroxylation sites is 2. The monoisotopic (exact) mass is 328 g/mol. The lowest BCUT2D eigenvalue weighted by Crippen LogP contribution is -2.26. The van der Waals surface area contributed by atoms with Crippen molar-refractivity contribution in [2.45, 2.75) is 26.3 Å². The van der Waals surface area contributed by atoms with Crippen LogP contribution in [0, 0.1) is 10.1 Å². The zero-order chi connectivity index (χ0) is 17.5. The van der Waals surface area contributed by atoms with Gasteiger partial charge in [-0.2, -0.15) is 5.10 Å². The van der Waals surface area contributed by atoms with Crippen molar-refractivity contribution in [2.75, 3.05) is 5.32 Å². The first kappa shape index (κ1) is 15.7. The van der Waals surface area contributed by atoms with Gasteiger partial charge in [-0.3, -0.25) is 25.3 Å². The molecule has 0 atom stereocenters. The molecular weight excluding hydrogens is 312 g/mol. The molecule has 3 aromatic rings. The third kappa shape index (κ3) is 2.60. The van der Waals surface area contributed by atoms with Gasteiger partial charge in [0.25, 0.3) is 5.91 Å². The van der Waals surface area contributed by atoms with Gasteiger partial charge in [0, 0.05) is 5.54 Å². The molecule has 0 spiro atoms. The number of nitrogens with zero attached hydrogens (tertiary/aromatic N) is 4. The smallest absolute Gasteiger partial charge is 0.305 e. The summed E-state index contributed by atoms with van der Waals surface area (Å²) in [5, 5.41) is 19.5. The van der Waals surface area contributed by atoms with Crippen LogP contribution in [0.1, 0.15) is 31.3 Å². The van der Waals surface area contributed by atoms with Crippen molar-refractivity contribution < 1.29 is 9.72 Å². The number of nitrogens with one attached hydrogen (secondary N) is 2. The number of aromatic nitrogens is 4. The molecule has 0 bridgehead atoms. The first-order valence-corrected chi connectivity index (χ1v) is 7.26. The number of imidazole rings is 1. The molecule has 1 aromatic carbocycles. The largest absolute Gasteiger partial charge is 0.319 e. The number of aromatic amines is 1. The van der Waals surface area contributed by atoms with Crippen LogP contribution in [0.2, 0.25) is 0 Å². The highest BCUT2D eigenvalue weighted by Crippen LogP contribution is 2.28. The average Bonchev–Trinajstić information content (AvgIpc) is 3.10. The SMILES string of the molecule is CC(C)(C)n1c(NC(=O)c2[nH]ncc2[N+](=O)[O-])nc2ccccc21. The molecule has 24 heavy (non-hydrogen) atoms. The van der Waals surface area contributed by atoms with Gasteiger partial charge >= 0.3 is 5.69 Å². The van der Waals surface area contributed by atoms with Crippen LogP contribution >= 0.6 is 0 Å². The zero-order valence-corrected chi connectivity index (χ0v) is 13.4. The van der Waals surface area contributed by atoms with E-state index < -0.39 is 10.8 Å². The highest BCUT2D eigenvalue weighted by atomic mass is 16.6. The summed E-state index contributed by atoms with van der Waals surface area (Å²) < 4.78 is 1.88. The van der Waals surface area contributed by atoms with Gasteiger partial charge in [0.2, 0.25) is 11.6 Å². The Morgan fingerprint density at radius 2 is 2.04 bits per heavy atom. The lowest BCUT2D eigenvalue weighted by molar-refractivity contribution is -0.385. The second-order valence-electron chi connectivity index (χ2n) is 6.27. The van der Waals surface area contributed by atoms with Gasteiger partial charge in [0.1, 0.15) is 6.20 Å². The van der Waals surface area contributed by atoms with Gasteiger partial charge in [-0.05, 0) is 32.9 Å². The number of hydrogen-bond acceptors (Lipinski definition) is 5. The summed E-state index contributed by atoms with van der Waals surface area (Å²) in [5.74, 6) is -0.349. The molecule has 0 saturated heterocycles. The van der Waals surface area contributed by atoms with E-state index in [0.717, 1.165) is 17.2 Å². The lowest BCUT2D eigenvalue weighted by Gasteiger charge is -2.24. The second-order valence-corrected chi connectivity index (χ2v) is 6.27. The predicted molar refractivity (Wildman–Crippen MR) is 87.9 cm³/mol. The maximum atomic E-state index is 12.4. The van der Waals surface area contributed by atoms with Crippen molar-refractivity contribution in [1.82, 2.24) is 19.7 Å². The molecule has 2 aromatic heterocycles. The van der Waals surface area contributed by atoms with E-state index in [1.54, 1.807) is 0 Å².